The Labute approximate surface area is 71.7 Å². The summed E-state index contributed by atoms with van der Waals surface area (Å²) in [5.74, 6) is 1.27. The van der Waals surface area contributed by atoms with Crippen molar-refractivity contribution in [2.45, 2.75) is 11.4 Å². The molecule has 2 aliphatic heterocycles. The van der Waals surface area contributed by atoms with Gasteiger partial charge in [-0.2, -0.15) is 0 Å². The number of nitrogens with one attached hydrogen (secondary N) is 3. The average molecular weight is 173 g/mol. The van der Waals surface area contributed by atoms with Gasteiger partial charge < -0.3 is 16.0 Å². The van der Waals surface area contributed by atoms with E-state index in [0.29, 0.717) is 11.4 Å². The fourth-order valence-electron chi connectivity index (χ4n) is 1.59. The van der Waals surface area contributed by atoms with Crippen molar-refractivity contribution in [3.8, 4) is 0 Å². The molecule has 0 amide bonds. The molecule has 0 aliphatic carbocycles. The predicted octanol–water partition coefficient (Wildman–Crippen LogP) is -0.790. The molecule has 0 aromatic heterocycles. The summed E-state index contributed by atoms with van der Waals surface area (Å²) in [4.78, 5) is 0. The van der Waals surface area contributed by atoms with E-state index in [1.807, 2.05) is 11.8 Å². The second-order valence-electron chi connectivity index (χ2n) is 3.01. The Bertz CT molecular complexity index is 119. The van der Waals surface area contributed by atoms with E-state index in [1.54, 1.807) is 0 Å². The first kappa shape index (κ1) is 7.86. The van der Waals surface area contributed by atoms with Crippen LogP contribution in [0.25, 0.3) is 0 Å². The summed E-state index contributed by atoms with van der Waals surface area (Å²) in [7, 11) is 0. The van der Waals surface area contributed by atoms with Crippen molar-refractivity contribution in [3.05, 3.63) is 0 Å². The van der Waals surface area contributed by atoms with Crippen molar-refractivity contribution in [3.63, 3.8) is 0 Å². The van der Waals surface area contributed by atoms with Crippen LogP contribution in [0.1, 0.15) is 0 Å². The van der Waals surface area contributed by atoms with Crippen LogP contribution < -0.4 is 16.0 Å². The summed E-state index contributed by atoms with van der Waals surface area (Å²) < 4.78 is 0. The van der Waals surface area contributed by atoms with E-state index in [4.69, 9.17) is 0 Å². The lowest BCUT2D eigenvalue weighted by molar-refractivity contribution is 0.391. The Kier molecular flexibility index (Phi) is 2.68. The highest BCUT2D eigenvalue weighted by atomic mass is 32.2. The van der Waals surface area contributed by atoms with Crippen LogP contribution in [0.15, 0.2) is 0 Å². The zero-order chi connectivity index (χ0) is 7.52. The van der Waals surface area contributed by atoms with Crippen molar-refractivity contribution >= 4 is 11.8 Å². The van der Waals surface area contributed by atoms with Gasteiger partial charge in [0, 0.05) is 38.0 Å². The maximum absolute atomic E-state index is 3.52. The van der Waals surface area contributed by atoms with Crippen LogP contribution in [0.2, 0.25) is 0 Å². The summed E-state index contributed by atoms with van der Waals surface area (Å²) in [5, 5.41) is 11.0. The van der Waals surface area contributed by atoms with Crippen LogP contribution in [-0.2, 0) is 0 Å². The Hall–Kier alpha value is 0.230. The fourth-order valence-corrected chi connectivity index (χ4v) is 2.74. The quantitative estimate of drug-likeness (QED) is 0.486. The van der Waals surface area contributed by atoms with E-state index in [9.17, 15) is 0 Å². The van der Waals surface area contributed by atoms with Crippen molar-refractivity contribution < 1.29 is 0 Å². The molecule has 2 aliphatic rings. The third-order valence-corrected chi connectivity index (χ3v) is 3.48. The van der Waals surface area contributed by atoms with E-state index < -0.39 is 0 Å². The van der Waals surface area contributed by atoms with Crippen molar-refractivity contribution in [1.29, 1.82) is 0 Å². The first-order valence-electron chi connectivity index (χ1n) is 4.26. The second kappa shape index (κ2) is 3.76. The molecular formula is C7H15N3S. The molecule has 0 aromatic carbocycles. The number of hydrogen-bond donors (Lipinski definition) is 3. The molecule has 0 saturated carbocycles. The van der Waals surface area contributed by atoms with E-state index in [2.05, 4.69) is 16.0 Å². The topological polar surface area (TPSA) is 36.1 Å². The smallest absolute Gasteiger partial charge is 0.0700 e. The van der Waals surface area contributed by atoms with Crippen LogP contribution in [0.5, 0.6) is 0 Å². The molecule has 11 heavy (non-hydrogen) atoms. The minimum Gasteiger partial charge on any atom is -0.314 e. The predicted molar refractivity (Wildman–Crippen MR) is 48.9 cm³/mol. The number of hydrogen-bond acceptors (Lipinski definition) is 4. The molecule has 3 N–H and O–H groups in total. The molecule has 2 rings (SSSR count). The highest BCUT2D eigenvalue weighted by Crippen LogP contribution is 2.17. The van der Waals surface area contributed by atoms with Crippen LogP contribution >= 0.6 is 11.8 Å². The van der Waals surface area contributed by atoms with Gasteiger partial charge in [0.15, 0.2) is 0 Å². The lowest BCUT2D eigenvalue weighted by Gasteiger charge is -2.28. The number of rotatable bonds is 1. The minimum absolute atomic E-state index is 0.635. The van der Waals surface area contributed by atoms with Gasteiger partial charge in [-0.3, -0.25) is 0 Å². The van der Waals surface area contributed by atoms with Gasteiger partial charge in [-0.1, -0.05) is 0 Å². The summed E-state index contributed by atoms with van der Waals surface area (Å²) in [6.45, 7) is 4.52. The van der Waals surface area contributed by atoms with Crippen molar-refractivity contribution in [2.75, 3.05) is 31.9 Å². The first-order valence-corrected chi connectivity index (χ1v) is 5.31. The summed E-state index contributed by atoms with van der Waals surface area (Å²) in [5.41, 5.74) is 0. The van der Waals surface area contributed by atoms with Gasteiger partial charge in [-0.05, 0) is 0 Å². The van der Waals surface area contributed by atoms with E-state index in [-0.39, 0.29) is 0 Å². The molecular weight excluding hydrogens is 158 g/mol. The number of thioether (sulfide) groups is 1. The molecule has 2 heterocycles. The zero-order valence-electron chi connectivity index (χ0n) is 6.60. The maximum Gasteiger partial charge on any atom is 0.0700 e. The molecule has 2 atom stereocenters. The van der Waals surface area contributed by atoms with Gasteiger partial charge >= 0.3 is 0 Å². The Morgan fingerprint density at radius 1 is 1.09 bits per heavy atom. The van der Waals surface area contributed by atoms with Gasteiger partial charge in [0.1, 0.15) is 0 Å². The molecule has 0 bridgehead atoms. The van der Waals surface area contributed by atoms with Crippen LogP contribution in [0, 0.1) is 0 Å². The molecule has 2 unspecified atom stereocenters. The third-order valence-electron chi connectivity index (χ3n) is 2.18. The standard InChI is InChI=1S/C7H15N3S/c1-2-9-6(5-8-1)7-10-3-4-11-7/h6-10H,1-5H2. The lowest BCUT2D eigenvalue weighted by Crippen LogP contribution is -2.55. The van der Waals surface area contributed by atoms with Gasteiger partial charge in [0.2, 0.25) is 0 Å². The largest absolute Gasteiger partial charge is 0.314 e. The maximum atomic E-state index is 3.52. The molecule has 64 valence electrons. The molecule has 2 fully saturated rings. The third kappa shape index (κ3) is 1.87. The highest BCUT2D eigenvalue weighted by molar-refractivity contribution is 8.00. The number of piperazine rings is 1. The molecule has 4 heteroatoms. The van der Waals surface area contributed by atoms with Crippen LogP contribution in [-0.4, -0.2) is 43.3 Å². The van der Waals surface area contributed by atoms with Crippen LogP contribution in [0.3, 0.4) is 0 Å². The fraction of sp³-hybridized carbons (Fsp3) is 1.00. The van der Waals surface area contributed by atoms with Gasteiger partial charge in [-0.15, -0.1) is 11.8 Å². The molecule has 0 aromatic rings. The van der Waals surface area contributed by atoms with Crippen LogP contribution in [0.4, 0.5) is 0 Å². The van der Waals surface area contributed by atoms with E-state index in [1.165, 1.54) is 12.3 Å². The lowest BCUT2D eigenvalue weighted by atomic mass is 10.2. The Morgan fingerprint density at radius 3 is 2.73 bits per heavy atom. The zero-order valence-corrected chi connectivity index (χ0v) is 7.41. The summed E-state index contributed by atoms with van der Waals surface area (Å²) >= 11 is 2.04. The normalized spacial score (nSPS) is 39.3. The minimum atomic E-state index is 0.635. The molecule has 0 radical (unpaired) electrons. The highest BCUT2D eigenvalue weighted by Gasteiger charge is 2.25. The van der Waals surface area contributed by atoms with E-state index >= 15 is 0 Å². The average Bonchev–Trinajstić information content (AvgIpc) is 2.58. The molecule has 0 spiro atoms. The summed E-state index contributed by atoms with van der Waals surface area (Å²) in [6.07, 6.45) is 0. The first-order chi connectivity index (χ1) is 5.47. The summed E-state index contributed by atoms with van der Waals surface area (Å²) in [6, 6.07) is 0.635. The van der Waals surface area contributed by atoms with Gasteiger partial charge in [-0.25, -0.2) is 0 Å². The SMILES string of the molecule is C1CNC(C2NCCS2)CN1. The van der Waals surface area contributed by atoms with Crippen molar-refractivity contribution in [2.24, 2.45) is 0 Å². The van der Waals surface area contributed by atoms with Gasteiger partial charge in [0.25, 0.3) is 0 Å². The second-order valence-corrected chi connectivity index (χ2v) is 4.26. The Morgan fingerprint density at radius 2 is 2.09 bits per heavy atom. The monoisotopic (exact) mass is 173 g/mol. The Balaban J connectivity index is 1.82. The molecule has 2 saturated heterocycles. The molecule has 3 nitrogen and oxygen atoms in total. The van der Waals surface area contributed by atoms with Crippen molar-refractivity contribution in [1.82, 2.24) is 16.0 Å². The van der Waals surface area contributed by atoms with E-state index in [0.717, 1.165) is 19.6 Å². The van der Waals surface area contributed by atoms with Gasteiger partial charge in [0.05, 0.1) is 5.37 Å².